The van der Waals surface area contributed by atoms with Crippen molar-refractivity contribution in [2.75, 3.05) is 0 Å². The number of hydrogen-bond acceptors (Lipinski definition) is 2. The predicted molar refractivity (Wildman–Crippen MR) is 78.5 cm³/mol. The van der Waals surface area contributed by atoms with Gasteiger partial charge >= 0.3 is 0 Å². The number of aryl methyl sites for hydroxylation is 2. The van der Waals surface area contributed by atoms with E-state index in [1.54, 1.807) is 6.07 Å². The molecule has 0 aliphatic heterocycles. The number of halogens is 1. The van der Waals surface area contributed by atoms with Gasteiger partial charge in [-0.2, -0.15) is 5.10 Å². The SMILES string of the molecule is [2H]C([2H])([2H])c1cc(C(CC)CC)n2nc(C)c(I)c2n1. The molecule has 0 bridgehead atoms. The van der Waals surface area contributed by atoms with Crippen molar-refractivity contribution in [3.8, 4) is 0 Å². The van der Waals surface area contributed by atoms with Gasteiger partial charge < -0.3 is 0 Å². The topological polar surface area (TPSA) is 30.2 Å². The van der Waals surface area contributed by atoms with Crippen molar-refractivity contribution < 1.29 is 4.11 Å². The largest absolute Gasteiger partial charge is 0.233 e. The van der Waals surface area contributed by atoms with Crippen LogP contribution >= 0.6 is 22.6 Å². The minimum atomic E-state index is -2.19. The molecule has 17 heavy (non-hydrogen) atoms. The van der Waals surface area contributed by atoms with Gasteiger partial charge in [0.1, 0.15) is 0 Å². The fraction of sp³-hybridized carbons (Fsp3) is 0.538. The molecule has 4 heteroatoms. The van der Waals surface area contributed by atoms with E-state index in [2.05, 4.69) is 46.5 Å². The number of hydrogen-bond donors (Lipinski definition) is 0. The molecule has 2 aromatic rings. The highest BCUT2D eigenvalue weighted by Crippen LogP contribution is 2.26. The molecule has 3 nitrogen and oxygen atoms in total. The van der Waals surface area contributed by atoms with E-state index in [9.17, 15) is 0 Å². The summed E-state index contributed by atoms with van der Waals surface area (Å²) in [6.07, 6.45) is 1.90. The van der Waals surface area contributed by atoms with Gasteiger partial charge in [0.25, 0.3) is 0 Å². The summed E-state index contributed by atoms with van der Waals surface area (Å²) in [7, 11) is 0. The smallest absolute Gasteiger partial charge is 0.169 e. The molecule has 0 aromatic carbocycles. The summed E-state index contributed by atoms with van der Waals surface area (Å²) in [4.78, 5) is 4.31. The first-order chi connectivity index (χ1) is 9.29. The molecule has 0 radical (unpaired) electrons. The zero-order valence-electron chi connectivity index (χ0n) is 13.3. The Balaban J connectivity index is 2.79. The Bertz CT molecular complexity index is 630. The Morgan fingerprint density at radius 3 is 2.76 bits per heavy atom. The van der Waals surface area contributed by atoms with Crippen LogP contribution in [0.25, 0.3) is 5.65 Å². The Hall–Kier alpha value is -0.650. The van der Waals surface area contributed by atoms with Crippen LogP contribution in [0.5, 0.6) is 0 Å². The molecule has 0 spiro atoms. The highest BCUT2D eigenvalue weighted by Gasteiger charge is 2.16. The Morgan fingerprint density at radius 1 is 1.47 bits per heavy atom. The summed E-state index contributed by atoms with van der Waals surface area (Å²) in [5.41, 5.74) is 2.63. The average molecular weight is 346 g/mol. The van der Waals surface area contributed by atoms with Crippen molar-refractivity contribution >= 4 is 28.2 Å². The van der Waals surface area contributed by atoms with Crippen LogP contribution in [0, 0.1) is 17.3 Å². The third-order valence-electron chi connectivity index (χ3n) is 3.12. The van der Waals surface area contributed by atoms with Gasteiger partial charge in [-0.15, -0.1) is 0 Å². The summed E-state index contributed by atoms with van der Waals surface area (Å²) < 4.78 is 25.6. The number of fused-ring (bicyclic) bond motifs is 1. The quantitative estimate of drug-likeness (QED) is 0.790. The number of rotatable bonds is 3. The van der Waals surface area contributed by atoms with Crippen molar-refractivity contribution in [1.82, 2.24) is 14.6 Å². The normalized spacial score (nSPS) is 15.0. The molecular formula is C13H18IN3. The molecule has 0 amide bonds. The molecule has 0 N–H and O–H groups in total. The van der Waals surface area contributed by atoms with Crippen LogP contribution < -0.4 is 0 Å². The molecule has 0 atom stereocenters. The molecule has 0 aliphatic carbocycles. The summed E-state index contributed by atoms with van der Waals surface area (Å²) >= 11 is 2.18. The van der Waals surface area contributed by atoms with Crippen molar-refractivity contribution in [2.45, 2.75) is 46.4 Å². The van der Waals surface area contributed by atoms with Crippen LogP contribution in [0.15, 0.2) is 6.07 Å². The second-order valence-electron chi connectivity index (χ2n) is 4.21. The minimum Gasteiger partial charge on any atom is -0.233 e. The lowest BCUT2D eigenvalue weighted by molar-refractivity contribution is 0.598. The second-order valence-corrected chi connectivity index (χ2v) is 5.29. The van der Waals surface area contributed by atoms with Crippen molar-refractivity contribution in [3.05, 3.63) is 26.7 Å². The molecule has 0 saturated heterocycles. The molecule has 2 aromatic heterocycles. The van der Waals surface area contributed by atoms with E-state index in [1.807, 2.05) is 11.4 Å². The number of nitrogens with zero attached hydrogens (tertiary/aromatic N) is 3. The maximum absolute atomic E-state index is 7.62. The standard InChI is InChI=1S/C13H18IN3/c1-5-10(6-2)11-7-8(3)15-13-12(14)9(4)16-17(11)13/h7,10H,5-6H2,1-4H3/i3D3. The fourth-order valence-electron chi connectivity index (χ4n) is 2.12. The molecule has 0 aliphatic rings. The van der Waals surface area contributed by atoms with Crippen LogP contribution in [-0.2, 0) is 0 Å². The van der Waals surface area contributed by atoms with Crippen LogP contribution in [0.3, 0.4) is 0 Å². The molecule has 2 heterocycles. The van der Waals surface area contributed by atoms with Crippen LogP contribution in [0.4, 0.5) is 0 Å². The Morgan fingerprint density at radius 2 is 2.18 bits per heavy atom. The summed E-state index contributed by atoms with van der Waals surface area (Å²) in [5.74, 6) is 0.289. The van der Waals surface area contributed by atoms with Gasteiger partial charge in [-0.25, -0.2) is 9.50 Å². The van der Waals surface area contributed by atoms with E-state index in [4.69, 9.17) is 4.11 Å². The highest BCUT2D eigenvalue weighted by molar-refractivity contribution is 14.1. The average Bonchev–Trinajstić information content (AvgIpc) is 2.66. The number of aromatic nitrogens is 3. The minimum absolute atomic E-state index is 0.157. The lowest BCUT2D eigenvalue weighted by atomic mass is 9.99. The van der Waals surface area contributed by atoms with Gasteiger partial charge in [0.2, 0.25) is 0 Å². The third kappa shape index (κ3) is 2.19. The maximum atomic E-state index is 7.62. The van der Waals surface area contributed by atoms with E-state index >= 15 is 0 Å². The summed E-state index contributed by atoms with van der Waals surface area (Å²) in [5, 5.41) is 4.52. The first-order valence-electron chi connectivity index (χ1n) is 7.35. The van der Waals surface area contributed by atoms with Gasteiger partial charge in [0, 0.05) is 21.4 Å². The van der Waals surface area contributed by atoms with E-state index in [-0.39, 0.29) is 11.6 Å². The highest BCUT2D eigenvalue weighted by atomic mass is 127. The van der Waals surface area contributed by atoms with Gasteiger partial charge in [-0.1, -0.05) is 13.8 Å². The zero-order valence-corrected chi connectivity index (χ0v) is 12.4. The van der Waals surface area contributed by atoms with Crippen molar-refractivity contribution in [3.63, 3.8) is 0 Å². The monoisotopic (exact) mass is 346 g/mol. The van der Waals surface area contributed by atoms with Crippen molar-refractivity contribution in [2.24, 2.45) is 0 Å². The van der Waals surface area contributed by atoms with Crippen LogP contribution in [-0.4, -0.2) is 14.6 Å². The van der Waals surface area contributed by atoms with E-state index in [0.717, 1.165) is 27.8 Å². The Labute approximate surface area is 120 Å². The summed E-state index contributed by atoms with van der Waals surface area (Å²) in [6.45, 7) is 3.94. The lowest BCUT2D eigenvalue weighted by Gasteiger charge is -2.14. The predicted octanol–water partition coefficient (Wildman–Crippen LogP) is 3.85. The molecule has 0 fully saturated rings. The van der Waals surface area contributed by atoms with E-state index in [1.165, 1.54) is 0 Å². The molecule has 0 unspecified atom stereocenters. The maximum Gasteiger partial charge on any atom is 0.169 e. The van der Waals surface area contributed by atoms with Crippen LogP contribution in [0.2, 0.25) is 0 Å². The van der Waals surface area contributed by atoms with Gasteiger partial charge in [-0.05, 0) is 55.3 Å². The molecule has 0 saturated carbocycles. The van der Waals surface area contributed by atoms with Gasteiger partial charge in [0.05, 0.1) is 9.26 Å². The van der Waals surface area contributed by atoms with Crippen LogP contribution in [0.1, 0.15) is 53.8 Å². The summed E-state index contributed by atoms with van der Waals surface area (Å²) in [6, 6.07) is 1.69. The lowest BCUT2D eigenvalue weighted by Crippen LogP contribution is -2.07. The molecule has 2 rings (SSSR count). The van der Waals surface area contributed by atoms with E-state index in [0.29, 0.717) is 5.65 Å². The first-order valence-corrected chi connectivity index (χ1v) is 6.93. The fourth-order valence-corrected chi connectivity index (χ4v) is 2.57. The Kier molecular flexibility index (Phi) is 2.69. The zero-order chi connectivity index (χ0) is 15.1. The molecular weight excluding hydrogens is 325 g/mol. The van der Waals surface area contributed by atoms with Gasteiger partial charge in [0.15, 0.2) is 5.65 Å². The molecule has 92 valence electrons. The van der Waals surface area contributed by atoms with Crippen molar-refractivity contribution in [1.29, 1.82) is 0 Å². The van der Waals surface area contributed by atoms with E-state index < -0.39 is 6.85 Å². The van der Waals surface area contributed by atoms with Gasteiger partial charge in [-0.3, -0.25) is 0 Å². The third-order valence-corrected chi connectivity index (χ3v) is 4.39. The first kappa shape index (κ1) is 9.30. The second kappa shape index (κ2) is 4.92.